The van der Waals surface area contributed by atoms with Crippen LogP contribution in [0.4, 0.5) is 0 Å². The minimum Gasteiger partial charge on any atom is -0.481 e. The molecular weight excluding hydrogens is 532 g/mol. The number of carbonyl (C=O) groups excluding carboxylic acids is 3. The molecule has 8 atom stereocenters. The van der Waals surface area contributed by atoms with E-state index in [0.29, 0.717) is 18.3 Å². The molecule has 0 bridgehead atoms. The number of allylic oxidation sites excluding steroid dienone is 2. The number of carboxylic acids is 1. The van der Waals surface area contributed by atoms with Crippen LogP contribution in [0.3, 0.4) is 0 Å². The van der Waals surface area contributed by atoms with Crippen LogP contribution in [-0.2, 0) is 28.7 Å². The summed E-state index contributed by atoms with van der Waals surface area (Å²) in [5.74, 6) is -2.15. The SMILES string of the molecule is C=C(C(=O)C[C@@H](C)[C@H]1CC[C@@]2(C)C3=C(CC[C@]12C)[C@@]1(C)CC[C@@H](OC(=O)CC(=O)OC)C(C)(C)C1CC3)[C@H](C)C(=O)O. The number of ketones is 1. The van der Waals surface area contributed by atoms with E-state index in [-0.39, 0.29) is 51.5 Å². The molecule has 4 aliphatic rings. The first-order valence-electron chi connectivity index (χ1n) is 15.9. The van der Waals surface area contributed by atoms with Crippen molar-refractivity contribution < 1.29 is 33.8 Å². The van der Waals surface area contributed by atoms with Crippen LogP contribution in [0, 0.1) is 45.3 Å². The predicted octanol–water partition coefficient (Wildman–Crippen LogP) is 7.08. The van der Waals surface area contributed by atoms with Crippen LogP contribution < -0.4 is 0 Å². The molecule has 0 aromatic heterocycles. The van der Waals surface area contributed by atoms with Crippen molar-refractivity contribution >= 4 is 23.7 Å². The number of hydrogen-bond donors (Lipinski definition) is 1. The molecule has 0 saturated heterocycles. The highest BCUT2D eigenvalue weighted by molar-refractivity contribution is 5.99. The summed E-state index contributed by atoms with van der Waals surface area (Å²) in [5.41, 5.74) is 3.42. The molecule has 7 heteroatoms. The highest BCUT2D eigenvalue weighted by atomic mass is 16.6. The number of methoxy groups -OCH3 is 1. The normalized spacial score (nSPS) is 36.5. The first kappa shape index (κ1) is 32.5. The molecule has 0 aromatic carbocycles. The predicted molar refractivity (Wildman–Crippen MR) is 160 cm³/mol. The van der Waals surface area contributed by atoms with Crippen LogP contribution in [-0.4, -0.2) is 42.0 Å². The molecule has 2 saturated carbocycles. The molecule has 1 N–H and O–H groups in total. The van der Waals surface area contributed by atoms with Crippen LogP contribution in [0.25, 0.3) is 0 Å². The van der Waals surface area contributed by atoms with Crippen LogP contribution in [0.2, 0.25) is 0 Å². The summed E-state index contributed by atoms with van der Waals surface area (Å²) in [7, 11) is 1.28. The molecular formula is C35H52O7. The van der Waals surface area contributed by atoms with Crippen LogP contribution >= 0.6 is 0 Å². The fraction of sp³-hybridized carbons (Fsp3) is 0.771. The Bertz CT molecular complexity index is 1200. The summed E-state index contributed by atoms with van der Waals surface area (Å²) in [6, 6.07) is 0. The maximum absolute atomic E-state index is 13.0. The second-order valence-corrected chi connectivity index (χ2v) is 15.1. The zero-order chi connectivity index (χ0) is 31.4. The highest BCUT2D eigenvalue weighted by Gasteiger charge is 2.63. The summed E-state index contributed by atoms with van der Waals surface area (Å²) in [6.07, 6.45) is 7.91. The standard InChI is InChI=1S/C35H52O7/c1-20(18-26(36)21(2)22(3)31(39)40)23-12-16-35(8)25-10-11-27-32(4,5)28(42-30(38)19-29(37)41-9)14-15-33(27,6)24(25)13-17-34(23,35)7/h20,22-23,27-28H,2,10-19H2,1,3-9H3,(H,39,40)/t20-,22+,23-,27?,28-,33-,34-,35+/m1/s1. The second kappa shape index (κ2) is 11.2. The molecule has 0 heterocycles. The number of carboxylic acid groups (broad SMARTS) is 1. The van der Waals surface area contributed by atoms with Gasteiger partial charge in [-0.1, -0.05) is 59.3 Å². The Balaban J connectivity index is 1.55. The summed E-state index contributed by atoms with van der Waals surface area (Å²) in [4.78, 5) is 48.6. The smallest absolute Gasteiger partial charge is 0.317 e. The number of rotatable bonds is 9. The van der Waals surface area contributed by atoms with Gasteiger partial charge < -0.3 is 14.6 Å². The first-order chi connectivity index (χ1) is 19.4. The van der Waals surface area contributed by atoms with Gasteiger partial charge in [-0.3, -0.25) is 19.2 Å². The third kappa shape index (κ3) is 5.06. The third-order valence-corrected chi connectivity index (χ3v) is 13.0. The first-order valence-corrected chi connectivity index (χ1v) is 15.9. The molecule has 0 amide bonds. The number of esters is 2. The van der Waals surface area contributed by atoms with E-state index in [4.69, 9.17) is 4.74 Å². The van der Waals surface area contributed by atoms with Gasteiger partial charge in [-0.15, -0.1) is 0 Å². The van der Waals surface area contributed by atoms with Crippen molar-refractivity contribution in [1.82, 2.24) is 0 Å². The van der Waals surface area contributed by atoms with Crippen molar-refractivity contribution in [2.24, 2.45) is 45.3 Å². The van der Waals surface area contributed by atoms with Gasteiger partial charge in [-0.05, 0) is 92.3 Å². The Morgan fingerprint density at radius 2 is 1.60 bits per heavy atom. The number of Topliss-reactive ketones (excluding diaryl/α,β-unsaturated/α-hetero) is 1. The topological polar surface area (TPSA) is 107 Å². The Labute approximate surface area is 251 Å². The van der Waals surface area contributed by atoms with Gasteiger partial charge in [0.25, 0.3) is 0 Å². The van der Waals surface area contributed by atoms with Gasteiger partial charge in [0.1, 0.15) is 12.5 Å². The van der Waals surface area contributed by atoms with Crippen molar-refractivity contribution in [3.05, 3.63) is 23.3 Å². The van der Waals surface area contributed by atoms with Crippen molar-refractivity contribution in [2.75, 3.05) is 7.11 Å². The number of aliphatic carboxylic acids is 1. The van der Waals surface area contributed by atoms with Crippen LogP contribution in [0.5, 0.6) is 0 Å². The van der Waals surface area contributed by atoms with E-state index in [1.165, 1.54) is 14.0 Å². The lowest BCUT2D eigenvalue weighted by Crippen LogP contribution is -2.56. The fourth-order valence-electron chi connectivity index (χ4n) is 10.2. The molecule has 1 unspecified atom stereocenters. The molecule has 4 rings (SSSR count). The zero-order valence-corrected chi connectivity index (χ0v) is 27.1. The Kier molecular flexibility index (Phi) is 8.69. The van der Waals surface area contributed by atoms with E-state index in [2.05, 4.69) is 52.9 Å². The van der Waals surface area contributed by atoms with Crippen molar-refractivity contribution in [3.8, 4) is 0 Å². The lowest BCUT2D eigenvalue weighted by Gasteiger charge is -2.62. The quantitative estimate of drug-likeness (QED) is 0.133. The summed E-state index contributed by atoms with van der Waals surface area (Å²) < 4.78 is 10.6. The van der Waals surface area contributed by atoms with Gasteiger partial charge >= 0.3 is 17.9 Å². The number of ether oxygens (including phenoxy) is 2. The molecule has 0 aromatic rings. The maximum Gasteiger partial charge on any atom is 0.317 e. The highest BCUT2D eigenvalue weighted by Crippen LogP contribution is 2.72. The minimum atomic E-state index is -1.01. The van der Waals surface area contributed by atoms with E-state index in [0.717, 1.165) is 51.4 Å². The lowest BCUT2D eigenvalue weighted by atomic mass is 9.43. The number of carbonyl (C=O) groups is 4. The van der Waals surface area contributed by atoms with E-state index in [1.807, 2.05) is 0 Å². The van der Waals surface area contributed by atoms with Gasteiger partial charge in [-0.25, -0.2) is 0 Å². The zero-order valence-electron chi connectivity index (χ0n) is 27.1. The summed E-state index contributed by atoms with van der Waals surface area (Å²) in [6.45, 7) is 19.4. The monoisotopic (exact) mass is 584 g/mol. The number of hydrogen-bond acceptors (Lipinski definition) is 6. The van der Waals surface area contributed by atoms with E-state index >= 15 is 0 Å². The van der Waals surface area contributed by atoms with Gasteiger partial charge in [0.05, 0.1) is 13.0 Å². The minimum absolute atomic E-state index is 0.0388. The van der Waals surface area contributed by atoms with Gasteiger partial charge in [0.15, 0.2) is 5.78 Å². The fourth-order valence-corrected chi connectivity index (χ4v) is 10.2. The van der Waals surface area contributed by atoms with E-state index in [1.54, 1.807) is 11.1 Å². The van der Waals surface area contributed by atoms with Gasteiger partial charge in [0.2, 0.25) is 0 Å². The number of fused-ring (bicyclic) bond motifs is 4. The molecule has 42 heavy (non-hydrogen) atoms. The summed E-state index contributed by atoms with van der Waals surface area (Å²) in [5, 5.41) is 9.36. The Morgan fingerprint density at radius 3 is 2.21 bits per heavy atom. The summed E-state index contributed by atoms with van der Waals surface area (Å²) >= 11 is 0. The van der Waals surface area contributed by atoms with Crippen molar-refractivity contribution in [3.63, 3.8) is 0 Å². The maximum atomic E-state index is 13.0. The van der Waals surface area contributed by atoms with Crippen molar-refractivity contribution in [2.45, 2.75) is 119 Å². The third-order valence-electron chi connectivity index (χ3n) is 13.0. The van der Waals surface area contributed by atoms with Crippen LogP contribution in [0.15, 0.2) is 23.3 Å². The van der Waals surface area contributed by atoms with Crippen LogP contribution in [0.1, 0.15) is 113 Å². The van der Waals surface area contributed by atoms with E-state index in [9.17, 15) is 24.3 Å². The lowest BCUT2D eigenvalue weighted by molar-refractivity contribution is -0.172. The molecule has 0 radical (unpaired) electrons. The molecule has 7 nitrogen and oxygen atoms in total. The molecule has 234 valence electrons. The average Bonchev–Trinajstić information content (AvgIpc) is 3.20. The Hall–Kier alpha value is -2.44. The van der Waals surface area contributed by atoms with Crippen molar-refractivity contribution in [1.29, 1.82) is 0 Å². The van der Waals surface area contributed by atoms with Gasteiger partial charge in [-0.2, -0.15) is 0 Å². The molecule has 0 aliphatic heterocycles. The van der Waals surface area contributed by atoms with Gasteiger partial charge in [0, 0.05) is 17.4 Å². The molecule has 2 fully saturated rings. The largest absolute Gasteiger partial charge is 0.481 e. The Morgan fingerprint density at radius 1 is 0.929 bits per heavy atom. The second-order valence-electron chi connectivity index (χ2n) is 15.1. The molecule has 0 spiro atoms. The van der Waals surface area contributed by atoms with E-state index < -0.39 is 23.8 Å². The average molecular weight is 585 g/mol. The molecule has 4 aliphatic carbocycles.